The highest BCUT2D eigenvalue weighted by Gasteiger charge is 2.27. The maximum absolute atomic E-state index is 11.8. The molecular formula is C12H18N2O3S2. The van der Waals surface area contributed by atoms with Gasteiger partial charge < -0.3 is 5.32 Å². The normalized spacial score (nSPS) is 21.5. The molecule has 2 heterocycles. The third kappa shape index (κ3) is 4.01. The van der Waals surface area contributed by atoms with Gasteiger partial charge in [0.05, 0.1) is 28.6 Å². The Hall–Kier alpha value is -0.950. The fourth-order valence-corrected chi connectivity index (χ4v) is 5.03. The molecule has 0 spiro atoms. The maximum Gasteiger partial charge on any atom is 0.225 e. The molecule has 1 amide bonds. The molecule has 1 aliphatic heterocycles. The van der Waals surface area contributed by atoms with E-state index in [1.54, 1.807) is 0 Å². The maximum atomic E-state index is 11.8. The summed E-state index contributed by atoms with van der Waals surface area (Å²) < 4.78 is 22.6. The summed E-state index contributed by atoms with van der Waals surface area (Å²) in [6.07, 6.45) is 0.984. The van der Waals surface area contributed by atoms with Crippen LogP contribution in [-0.2, 0) is 21.1 Å². The minimum absolute atomic E-state index is 0.0592. The molecule has 1 saturated heterocycles. The summed E-state index contributed by atoms with van der Waals surface area (Å²) in [6.45, 7) is 4.27. The molecule has 1 fully saturated rings. The molecule has 1 aromatic heterocycles. The SMILES string of the molecule is Cc1nc(C)c(CC(=O)NC[C@H]2CCS(=O)(=O)C2)s1. The van der Waals surface area contributed by atoms with E-state index in [4.69, 9.17) is 0 Å². The van der Waals surface area contributed by atoms with Gasteiger partial charge in [0, 0.05) is 11.4 Å². The molecule has 106 valence electrons. The van der Waals surface area contributed by atoms with E-state index in [0.717, 1.165) is 15.6 Å². The number of amides is 1. The lowest BCUT2D eigenvalue weighted by molar-refractivity contribution is -0.120. The van der Waals surface area contributed by atoms with Crippen LogP contribution in [0.4, 0.5) is 0 Å². The number of aryl methyl sites for hydroxylation is 2. The van der Waals surface area contributed by atoms with Gasteiger partial charge in [-0.15, -0.1) is 11.3 Å². The molecule has 5 nitrogen and oxygen atoms in total. The predicted octanol–water partition coefficient (Wildman–Crippen LogP) is 0.853. The van der Waals surface area contributed by atoms with Crippen molar-refractivity contribution in [1.82, 2.24) is 10.3 Å². The zero-order chi connectivity index (χ0) is 14.0. The van der Waals surface area contributed by atoms with Gasteiger partial charge in [-0.1, -0.05) is 0 Å². The highest BCUT2D eigenvalue weighted by molar-refractivity contribution is 7.91. The zero-order valence-electron chi connectivity index (χ0n) is 11.1. The molecule has 0 unspecified atom stereocenters. The molecule has 1 atom stereocenters. The van der Waals surface area contributed by atoms with Crippen LogP contribution in [0.5, 0.6) is 0 Å². The second kappa shape index (κ2) is 5.58. The smallest absolute Gasteiger partial charge is 0.225 e. The Morgan fingerprint density at radius 3 is 2.74 bits per heavy atom. The van der Waals surface area contributed by atoms with Gasteiger partial charge in [0.15, 0.2) is 9.84 Å². The van der Waals surface area contributed by atoms with Crippen LogP contribution in [0.3, 0.4) is 0 Å². The van der Waals surface area contributed by atoms with Crippen LogP contribution in [0.15, 0.2) is 0 Å². The van der Waals surface area contributed by atoms with Crippen LogP contribution in [0.25, 0.3) is 0 Å². The summed E-state index contributed by atoms with van der Waals surface area (Å²) in [5, 5.41) is 3.78. The van der Waals surface area contributed by atoms with Crippen LogP contribution >= 0.6 is 11.3 Å². The van der Waals surface area contributed by atoms with Gasteiger partial charge in [-0.05, 0) is 26.2 Å². The van der Waals surface area contributed by atoms with Crippen LogP contribution < -0.4 is 5.32 Å². The number of hydrogen-bond acceptors (Lipinski definition) is 5. The molecule has 0 aliphatic carbocycles. The summed E-state index contributed by atoms with van der Waals surface area (Å²) in [6, 6.07) is 0. The number of nitrogens with zero attached hydrogens (tertiary/aromatic N) is 1. The first-order chi connectivity index (χ1) is 8.85. The molecule has 0 aromatic carbocycles. The standard InChI is InChI=1S/C12H18N2O3S2/c1-8-11(18-9(2)14-8)5-12(15)13-6-10-3-4-19(16,17)7-10/h10H,3-7H2,1-2H3,(H,13,15)/t10-/m1/s1. The van der Waals surface area contributed by atoms with Gasteiger partial charge in [-0.2, -0.15) is 0 Å². The topological polar surface area (TPSA) is 76.1 Å². The van der Waals surface area contributed by atoms with Crippen molar-refractivity contribution in [1.29, 1.82) is 0 Å². The number of nitrogens with one attached hydrogen (secondary N) is 1. The summed E-state index contributed by atoms with van der Waals surface area (Å²) >= 11 is 1.53. The third-order valence-corrected chi connectivity index (χ3v) is 6.15. The van der Waals surface area contributed by atoms with E-state index >= 15 is 0 Å². The first-order valence-corrected chi connectivity index (χ1v) is 8.89. The minimum atomic E-state index is -2.86. The third-order valence-electron chi connectivity index (χ3n) is 3.24. The average molecular weight is 302 g/mol. The second-order valence-corrected chi connectivity index (χ2v) is 8.51. The Morgan fingerprint density at radius 2 is 2.21 bits per heavy atom. The van der Waals surface area contributed by atoms with Gasteiger partial charge in [0.2, 0.25) is 5.91 Å². The quantitative estimate of drug-likeness (QED) is 0.895. The largest absolute Gasteiger partial charge is 0.355 e. The molecule has 1 aromatic rings. The first-order valence-electron chi connectivity index (χ1n) is 6.26. The first kappa shape index (κ1) is 14.5. The van der Waals surface area contributed by atoms with E-state index in [2.05, 4.69) is 10.3 Å². The van der Waals surface area contributed by atoms with E-state index in [1.165, 1.54) is 11.3 Å². The number of carbonyl (C=O) groups excluding carboxylic acids is 1. The molecule has 19 heavy (non-hydrogen) atoms. The van der Waals surface area contributed by atoms with Crippen molar-refractivity contribution in [3.05, 3.63) is 15.6 Å². The van der Waals surface area contributed by atoms with Crippen LogP contribution in [0.1, 0.15) is 22.0 Å². The predicted molar refractivity (Wildman–Crippen MR) is 75.1 cm³/mol. The highest BCUT2D eigenvalue weighted by atomic mass is 32.2. The van der Waals surface area contributed by atoms with Crippen molar-refractivity contribution in [3.63, 3.8) is 0 Å². The van der Waals surface area contributed by atoms with Gasteiger partial charge in [0.1, 0.15) is 0 Å². The van der Waals surface area contributed by atoms with Crippen molar-refractivity contribution >= 4 is 27.1 Å². The van der Waals surface area contributed by atoms with Gasteiger partial charge in [-0.25, -0.2) is 13.4 Å². The minimum Gasteiger partial charge on any atom is -0.355 e. The van der Waals surface area contributed by atoms with Crippen LogP contribution in [-0.4, -0.2) is 37.4 Å². The van der Waals surface area contributed by atoms with E-state index in [0.29, 0.717) is 19.4 Å². The van der Waals surface area contributed by atoms with Crippen molar-refractivity contribution < 1.29 is 13.2 Å². The number of carbonyl (C=O) groups is 1. The lowest BCUT2D eigenvalue weighted by atomic mass is 10.1. The molecule has 0 bridgehead atoms. The number of aromatic nitrogens is 1. The lowest BCUT2D eigenvalue weighted by Crippen LogP contribution is -2.30. The summed E-state index contributed by atoms with van der Waals surface area (Å²) in [5.74, 6) is 0.460. The Morgan fingerprint density at radius 1 is 1.47 bits per heavy atom. The molecule has 0 saturated carbocycles. The molecule has 7 heteroatoms. The fraction of sp³-hybridized carbons (Fsp3) is 0.667. The number of thiazole rings is 1. The van der Waals surface area contributed by atoms with Crippen molar-refractivity contribution in [2.75, 3.05) is 18.1 Å². The van der Waals surface area contributed by atoms with E-state index in [-0.39, 0.29) is 23.3 Å². The van der Waals surface area contributed by atoms with Gasteiger partial charge in [-0.3, -0.25) is 4.79 Å². The summed E-state index contributed by atoms with van der Waals surface area (Å²) in [4.78, 5) is 17.1. The second-order valence-electron chi connectivity index (χ2n) is 4.99. The van der Waals surface area contributed by atoms with Gasteiger partial charge >= 0.3 is 0 Å². The molecule has 0 radical (unpaired) electrons. The lowest BCUT2D eigenvalue weighted by Gasteiger charge is -2.09. The van der Waals surface area contributed by atoms with Crippen molar-refractivity contribution in [2.24, 2.45) is 5.92 Å². The van der Waals surface area contributed by atoms with E-state index < -0.39 is 9.84 Å². The molecule has 1 N–H and O–H groups in total. The average Bonchev–Trinajstić information content (AvgIpc) is 2.79. The Bertz CT molecular complexity index is 578. The Balaban J connectivity index is 1.81. The zero-order valence-corrected chi connectivity index (χ0v) is 12.7. The van der Waals surface area contributed by atoms with E-state index in [1.807, 2.05) is 13.8 Å². The monoisotopic (exact) mass is 302 g/mol. The number of hydrogen-bond donors (Lipinski definition) is 1. The summed E-state index contributed by atoms with van der Waals surface area (Å²) in [5.41, 5.74) is 0.904. The fourth-order valence-electron chi connectivity index (χ4n) is 2.24. The Labute approximate surface area is 117 Å². The molecular weight excluding hydrogens is 284 g/mol. The number of rotatable bonds is 4. The van der Waals surface area contributed by atoms with Crippen LogP contribution in [0.2, 0.25) is 0 Å². The molecule has 1 aliphatic rings. The van der Waals surface area contributed by atoms with Crippen molar-refractivity contribution in [2.45, 2.75) is 26.7 Å². The molecule has 2 rings (SSSR count). The van der Waals surface area contributed by atoms with Gasteiger partial charge in [0.25, 0.3) is 0 Å². The van der Waals surface area contributed by atoms with E-state index in [9.17, 15) is 13.2 Å². The Kier molecular flexibility index (Phi) is 4.25. The van der Waals surface area contributed by atoms with Crippen LogP contribution in [0, 0.1) is 19.8 Å². The highest BCUT2D eigenvalue weighted by Crippen LogP contribution is 2.19. The van der Waals surface area contributed by atoms with Crippen molar-refractivity contribution in [3.8, 4) is 0 Å². The summed E-state index contributed by atoms with van der Waals surface area (Å²) in [7, 11) is -2.86. The number of sulfone groups is 1.